The van der Waals surface area contributed by atoms with E-state index < -0.39 is 5.54 Å². The molecule has 0 fully saturated rings. The Morgan fingerprint density at radius 3 is 1.85 bits per heavy atom. The molecule has 1 aliphatic heterocycles. The Hall–Kier alpha value is -2.84. The molecule has 4 aromatic carbocycles. The number of anilines is 1. The standard InChI is InChI=1S/C25H18BrN/c26-20-15-16-24-22(17-20)21-13-7-8-14-23(21)25(27-24,18-9-3-1-4-10-18)19-11-5-2-6-12-19/h1-17,27H. The normalized spacial score (nSPS) is 14.0. The first-order chi connectivity index (χ1) is 13.3. The minimum absolute atomic E-state index is 0.431. The van der Waals surface area contributed by atoms with Gasteiger partial charge in [0.1, 0.15) is 5.54 Å². The molecule has 4 aromatic rings. The van der Waals surface area contributed by atoms with E-state index in [1.165, 1.54) is 27.8 Å². The molecule has 27 heavy (non-hydrogen) atoms. The van der Waals surface area contributed by atoms with Crippen molar-refractivity contribution in [2.75, 3.05) is 5.32 Å². The second-order valence-electron chi connectivity index (χ2n) is 6.84. The van der Waals surface area contributed by atoms with E-state index in [1.807, 2.05) is 0 Å². The molecule has 0 unspecified atom stereocenters. The number of hydrogen-bond donors (Lipinski definition) is 1. The maximum absolute atomic E-state index is 3.91. The predicted octanol–water partition coefficient (Wildman–Crippen LogP) is 6.83. The first kappa shape index (κ1) is 16.3. The minimum Gasteiger partial charge on any atom is -0.367 e. The molecule has 5 rings (SSSR count). The molecule has 0 atom stereocenters. The fraction of sp³-hybridized carbons (Fsp3) is 0.0400. The summed E-state index contributed by atoms with van der Waals surface area (Å²) >= 11 is 3.63. The quantitative estimate of drug-likeness (QED) is 0.380. The van der Waals surface area contributed by atoms with Crippen molar-refractivity contribution < 1.29 is 0 Å². The monoisotopic (exact) mass is 411 g/mol. The lowest BCUT2D eigenvalue weighted by Gasteiger charge is -2.42. The fourth-order valence-corrected chi connectivity index (χ4v) is 4.52. The van der Waals surface area contributed by atoms with Crippen LogP contribution in [0.15, 0.2) is 108 Å². The molecule has 1 nitrogen and oxygen atoms in total. The minimum atomic E-state index is -0.431. The molecule has 130 valence electrons. The number of hydrogen-bond acceptors (Lipinski definition) is 1. The van der Waals surface area contributed by atoms with E-state index in [9.17, 15) is 0 Å². The third kappa shape index (κ3) is 2.52. The van der Waals surface area contributed by atoms with Gasteiger partial charge < -0.3 is 5.32 Å². The highest BCUT2D eigenvalue weighted by Crippen LogP contribution is 2.50. The second kappa shape index (κ2) is 6.40. The number of benzene rings is 4. The van der Waals surface area contributed by atoms with Crippen LogP contribution in [0.3, 0.4) is 0 Å². The highest BCUT2D eigenvalue weighted by atomic mass is 79.9. The number of rotatable bonds is 2. The molecule has 0 amide bonds. The van der Waals surface area contributed by atoms with Crippen LogP contribution in [0.25, 0.3) is 11.1 Å². The van der Waals surface area contributed by atoms with Gasteiger partial charge in [0.25, 0.3) is 0 Å². The van der Waals surface area contributed by atoms with Gasteiger partial charge in [0.15, 0.2) is 0 Å². The van der Waals surface area contributed by atoms with Crippen molar-refractivity contribution in [2.45, 2.75) is 5.54 Å². The average Bonchev–Trinajstić information content (AvgIpc) is 2.74. The number of fused-ring (bicyclic) bond motifs is 3. The van der Waals surface area contributed by atoms with Crippen LogP contribution < -0.4 is 5.32 Å². The summed E-state index contributed by atoms with van der Waals surface area (Å²) in [5.74, 6) is 0. The van der Waals surface area contributed by atoms with Crippen LogP contribution in [-0.2, 0) is 5.54 Å². The first-order valence-corrected chi connectivity index (χ1v) is 9.87. The summed E-state index contributed by atoms with van der Waals surface area (Å²) in [6, 6.07) is 36.6. The highest BCUT2D eigenvalue weighted by molar-refractivity contribution is 9.10. The average molecular weight is 412 g/mol. The van der Waals surface area contributed by atoms with E-state index in [0.29, 0.717) is 0 Å². The van der Waals surface area contributed by atoms with Crippen LogP contribution in [0.2, 0.25) is 0 Å². The largest absolute Gasteiger partial charge is 0.367 e. The maximum atomic E-state index is 3.91. The van der Waals surface area contributed by atoms with Gasteiger partial charge in [-0.05, 0) is 40.5 Å². The smallest absolute Gasteiger partial charge is 0.114 e. The molecular formula is C25H18BrN. The van der Waals surface area contributed by atoms with Crippen molar-refractivity contribution in [3.8, 4) is 11.1 Å². The van der Waals surface area contributed by atoms with Gasteiger partial charge in [0, 0.05) is 15.7 Å². The molecule has 1 aliphatic rings. The van der Waals surface area contributed by atoms with E-state index in [-0.39, 0.29) is 0 Å². The Labute approximate surface area is 167 Å². The van der Waals surface area contributed by atoms with Crippen LogP contribution in [-0.4, -0.2) is 0 Å². The number of nitrogens with one attached hydrogen (secondary N) is 1. The topological polar surface area (TPSA) is 12.0 Å². The summed E-state index contributed by atoms with van der Waals surface area (Å²) in [7, 11) is 0. The second-order valence-corrected chi connectivity index (χ2v) is 7.76. The van der Waals surface area contributed by atoms with Gasteiger partial charge in [-0.15, -0.1) is 0 Å². The Kier molecular flexibility index (Phi) is 3.87. The molecule has 2 heteroatoms. The molecule has 0 aliphatic carbocycles. The Morgan fingerprint density at radius 2 is 1.19 bits per heavy atom. The zero-order valence-corrected chi connectivity index (χ0v) is 16.3. The summed E-state index contributed by atoms with van der Waals surface area (Å²) in [4.78, 5) is 0. The van der Waals surface area contributed by atoms with Gasteiger partial charge in [-0.2, -0.15) is 0 Å². The van der Waals surface area contributed by atoms with E-state index in [2.05, 4.69) is 124 Å². The number of halogens is 1. The van der Waals surface area contributed by atoms with Crippen molar-refractivity contribution >= 4 is 21.6 Å². The lowest BCUT2D eigenvalue weighted by Crippen LogP contribution is -2.40. The van der Waals surface area contributed by atoms with Gasteiger partial charge in [0.2, 0.25) is 0 Å². The van der Waals surface area contributed by atoms with Crippen molar-refractivity contribution in [1.82, 2.24) is 0 Å². The van der Waals surface area contributed by atoms with Gasteiger partial charge in [-0.3, -0.25) is 0 Å². The molecule has 1 heterocycles. The fourth-order valence-electron chi connectivity index (χ4n) is 4.16. The molecule has 1 N–H and O–H groups in total. The zero-order valence-electron chi connectivity index (χ0n) is 14.7. The highest BCUT2D eigenvalue weighted by Gasteiger charge is 2.41. The Morgan fingerprint density at radius 1 is 0.593 bits per heavy atom. The van der Waals surface area contributed by atoms with E-state index in [1.54, 1.807) is 0 Å². The molecule has 0 aromatic heterocycles. The molecular weight excluding hydrogens is 394 g/mol. The van der Waals surface area contributed by atoms with Gasteiger partial charge in [-0.25, -0.2) is 0 Å². The van der Waals surface area contributed by atoms with Crippen molar-refractivity contribution in [2.24, 2.45) is 0 Å². The summed E-state index contributed by atoms with van der Waals surface area (Å²) in [6.45, 7) is 0. The molecule has 0 saturated heterocycles. The summed E-state index contributed by atoms with van der Waals surface area (Å²) < 4.78 is 1.09. The Bertz CT molecular complexity index is 1060. The lowest BCUT2D eigenvalue weighted by molar-refractivity contribution is 0.707. The van der Waals surface area contributed by atoms with E-state index >= 15 is 0 Å². The molecule has 0 bridgehead atoms. The van der Waals surface area contributed by atoms with Crippen molar-refractivity contribution in [1.29, 1.82) is 0 Å². The van der Waals surface area contributed by atoms with E-state index in [0.717, 1.165) is 10.2 Å². The lowest BCUT2D eigenvalue weighted by atomic mass is 9.72. The Balaban J connectivity index is 1.89. The third-order valence-electron chi connectivity index (χ3n) is 5.34. The first-order valence-electron chi connectivity index (χ1n) is 9.08. The molecule has 0 radical (unpaired) electrons. The summed E-state index contributed by atoms with van der Waals surface area (Å²) in [6.07, 6.45) is 0. The van der Waals surface area contributed by atoms with Crippen molar-refractivity contribution in [3.63, 3.8) is 0 Å². The molecule has 0 spiro atoms. The maximum Gasteiger partial charge on any atom is 0.114 e. The summed E-state index contributed by atoms with van der Waals surface area (Å²) in [5, 5.41) is 3.91. The third-order valence-corrected chi connectivity index (χ3v) is 5.83. The van der Waals surface area contributed by atoms with Crippen molar-refractivity contribution in [3.05, 3.63) is 124 Å². The predicted molar refractivity (Wildman–Crippen MR) is 116 cm³/mol. The van der Waals surface area contributed by atoms with Crippen LogP contribution in [0.1, 0.15) is 16.7 Å². The molecule has 0 saturated carbocycles. The van der Waals surface area contributed by atoms with Crippen LogP contribution in [0.4, 0.5) is 5.69 Å². The summed E-state index contributed by atoms with van der Waals surface area (Å²) in [5.41, 5.74) is 6.94. The van der Waals surface area contributed by atoms with Crippen LogP contribution >= 0.6 is 15.9 Å². The SMILES string of the molecule is Brc1ccc2c(c1)-c1ccccc1C(c1ccccc1)(c1ccccc1)N2. The zero-order chi connectivity index (χ0) is 18.3. The van der Waals surface area contributed by atoms with Gasteiger partial charge >= 0.3 is 0 Å². The van der Waals surface area contributed by atoms with Crippen LogP contribution in [0.5, 0.6) is 0 Å². The van der Waals surface area contributed by atoms with Gasteiger partial charge in [-0.1, -0.05) is 101 Å². The van der Waals surface area contributed by atoms with E-state index in [4.69, 9.17) is 0 Å². The van der Waals surface area contributed by atoms with Gasteiger partial charge in [0.05, 0.1) is 0 Å². The van der Waals surface area contributed by atoms with Crippen LogP contribution in [0, 0.1) is 0 Å².